The summed E-state index contributed by atoms with van der Waals surface area (Å²) in [6.07, 6.45) is 1.35. The van der Waals surface area contributed by atoms with E-state index in [9.17, 15) is 4.79 Å². The highest BCUT2D eigenvalue weighted by atomic mass is 16.6. The van der Waals surface area contributed by atoms with E-state index in [1.807, 2.05) is 48.7 Å². The van der Waals surface area contributed by atoms with Crippen molar-refractivity contribution in [3.8, 4) is 11.6 Å². The van der Waals surface area contributed by atoms with Gasteiger partial charge in [-0.1, -0.05) is 6.07 Å². The molecule has 0 spiro atoms. The number of benzene rings is 1. The van der Waals surface area contributed by atoms with E-state index in [1.165, 1.54) is 0 Å². The molecule has 2 saturated heterocycles. The molecule has 1 atom stereocenters. The molecule has 172 valence electrons. The Bertz CT molecular complexity index is 1150. The fourth-order valence-electron chi connectivity index (χ4n) is 4.43. The van der Waals surface area contributed by atoms with E-state index < -0.39 is 0 Å². The minimum Gasteiger partial charge on any atom is -0.497 e. The van der Waals surface area contributed by atoms with Crippen LogP contribution in [-0.2, 0) is 4.74 Å². The topological polar surface area (TPSA) is 80.3 Å². The average molecular weight is 450 g/mol. The molecule has 3 aromatic rings. The summed E-state index contributed by atoms with van der Waals surface area (Å²) in [4.78, 5) is 27.8. The van der Waals surface area contributed by atoms with Gasteiger partial charge in [0.25, 0.3) is 0 Å². The molecule has 0 saturated carbocycles. The Morgan fingerprint density at radius 3 is 2.70 bits per heavy atom. The van der Waals surface area contributed by atoms with Gasteiger partial charge >= 0.3 is 6.09 Å². The summed E-state index contributed by atoms with van der Waals surface area (Å²) >= 11 is 0. The van der Waals surface area contributed by atoms with Crippen molar-refractivity contribution in [2.75, 3.05) is 63.3 Å². The molecule has 0 bridgehead atoms. The van der Waals surface area contributed by atoms with Crippen LogP contribution < -0.4 is 19.3 Å². The molecule has 1 amide bonds. The second kappa shape index (κ2) is 9.11. The van der Waals surface area contributed by atoms with E-state index in [0.717, 1.165) is 54.3 Å². The van der Waals surface area contributed by atoms with Gasteiger partial charge in [-0.15, -0.1) is 0 Å². The Hall–Kier alpha value is -3.59. The normalized spacial score (nSPS) is 19.1. The van der Waals surface area contributed by atoms with Crippen LogP contribution in [0.15, 0.2) is 48.7 Å². The number of cyclic esters (lactones) is 1. The summed E-state index contributed by atoms with van der Waals surface area (Å²) in [7, 11) is 3.24. The number of pyridine rings is 2. The molecule has 33 heavy (non-hydrogen) atoms. The number of fused-ring (bicyclic) bond motifs is 1. The molecule has 2 aromatic heterocycles. The number of anilines is 2. The number of rotatable bonds is 6. The largest absolute Gasteiger partial charge is 0.497 e. The highest BCUT2D eigenvalue weighted by molar-refractivity contribution is 5.90. The van der Waals surface area contributed by atoms with Gasteiger partial charge in [-0.25, -0.2) is 9.78 Å². The zero-order valence-electron chi connectivity index (χ0n) is 18.8. The molecule has 1 aromatic carbocycles. The maximum atomic E-state index is 12.5. The Labute approximate surface area is 192 Å². The standard InChI is InChI=1S/C24H27N5O4/c1-31-18-5-3-4-17(14-18)29-16-19(33-24(29)30)15-27-10-12-28(13-11-27)21-8-9-25-20-6-7-22(32-2)26-23(20)21/h3-9,14,19H,10-13,15-16H2,1-2H3/t19-/m1/s1. The Kier molecular flexibility index (Phi) is 5.87. The lowest BCUT2D eigenvalue weighted by Gasteiger charge is -2.36. The van der Waals surface area contributed by atoms with Crippen LogP contribution in [0.5, 0.6) is 11.6 Å². The molecule has 0 N–H and O–H groups in total. The number of carbonyl (C=O) groups excluding carboxylic acids is 1. The molecule has 5 rings (SSSR count). The van der Waals surface area contributed by atoms with Crippen molar-refractivity contribution in [1.82, 2.24) is 14.9 Å². The highest BCUT2D eigenvalue weighted by Gasteiger charge is 2.34. The molecule has 2 aliphatic rings. The van der Waals surface area contributed by atoms with Crippen molar-refractivity contribution in [2.24, 2.45) is 0 Å². The van der Waals surface area contributed by atoms with Crippen LogP contribution in [-0.4, -0.2) is 80.6 Å². The SMILES string of the molecule is COc1cccc(N2C[C@@H](CN3CCN(c4ccnc5ccc(OC)nc45)CC3)OC2=O)c1. The van der Waals surface area contributed by atoms with Crippen molar-refractivity contribution < 1.29 is 19.0 Å². The van der Waals surface area contributed by atoms with E-state index in [2.05, 4.69) is 19.8 Å². The Balaban J connectivity index is 1.21. The van der Waals surface area contributed by atoms with Crippen molar-refractivity contribution in [2.45, 2.75) is 6.10 Å². The minimum absolute atomic E-state index is 0.164. The predicted molar refractivity (Wildman–Crippen MR) is 125 cm³/mol. The van der Waals surface area contributed by atoms with Crippen molar-refractivity contribution >= 4 is 28.5 Å². The second-order valence-electron chi connectivity index (χ2n) is 8.16. The molecule has 0 aliphatic carbocycles. The van der Waals surface area contributed by atoms with Gasteiger partial charge in [0.2, 0.25) is 5.88 Å². The van der Waals surface area contributed by atoms with E-state index in [4.69, 9.17) is 14.2 Å². The zero-order valence-corrected chi connectivity index (χ0v) is 18.8. The summed E-state index contributed by atoms with van der Waals surface area (Å²) in [6.45, 7) is 4.71. The molecule has 2 aliphatic heterocycles. The van der Waals surface area contributed by atoms with Gasteiger partial charge in [0.05, 0.1) is 37.7 Å². The molecule has 9 nitrogen and oxygen atoms in total. The fourth-order valence-corrected chi connectivity index (χ4v) is 4.43. The summed E-state index contributed by atoms with van der Waals surface area (Å²) in [5.74, 6) is 1.30. The Morgan fingerprint density at radius 2 is 1.91 bits per heavy atom. The second-order valence-corrected chi connectivity index (χ2v) is 8.16. The number of methoxy groups -OCH3 is 2. The maximum absolute atomic E-state index is 12.5. The molecular weight excluding hydrogens is 422 g/mol. The van der Waals surface area contributed by atoms with Crippen molar-refractivity contribution in [3.63, 3.8) is 0 Å². The molecule has 0 unspecified atom stereocenters. The number of carbonyl (C=O) groups is 1. The fraction of sp³-hybridized carbons (Fsp3) is 0.375. The van der Waals surface area contributed by atoms with Crippen LogP contribution in [0.3, 0.4) is 0 Å². The van der Waals surface area contributed by atoms with Crippen LogP contribution in [0.4, 0.5) is 16.2 Å². The van der Waals surface area contributed by atoms with Crippen molar-refractivity contribution in [3.05, 3.63) is 48.7 Å². The van der Waals surface area contributed by atoms with Crippen LogP contribution in [0.1, 0.15) is 0 Å². The van der Waals surface area contributed by atoms with E-state index in [-0.39, 0.29) is 12.2 Å². The first-order valence-corrected chi connectivity index (χ1v) is 11.0. The molecule has 2 fully saturated rings. The van der Waals surface area contributed by atoms with Gasteiger partial charge in [-0.05, 0) is 24.3 Å². The van der Waals surface area contributed by atoms with Crippen LogP contribution in [0.2, 0.25) is 0 Å². The molecular formula is C24H27N5O4. The minimum atomic E-state index is -0.310. The zero-order chi connectivity index (χ0) is 22.8. The van der Waals surface area contributed by atoms with Gasteiger partial charge in [0.1, 0.15) is 17.4 Å². The Morgan fingerprint density at radius 1 is 1.06 bits per heavy atom. The third kappa shape index (κ3) is 4.36. The first kappa shape index (κ1) is 21.3. The first-order chi connectivity index (χ1) is 16.1. The van der Waals surface area contributed by atoms with E-state index in [0.29, 0.717) is 19.0 Å². The molecule has 9 heteroatoms. The maximum Gasteiger partial charge on any atom is 0.414 e. The number of amides is 1. The quantitative estimate of drug-likeness (QED) is 0.568. The average Bonchev–Trinajstić information content (AvgIpc) is 3.23. The van der Waals surface area contributed by atoms with Gasteiger partial charge in [0, 0.05) is 51.1 Å². The van der Waals surface area contributed by atoms with Crippen molar-refractivity contribution in [1.29, 1.82) is 0 Å². The molecule has 4 heterocycles. The lowest BCUT2D eigenvalue weighted by Crippen LogP contribution is -2.49. The van der Waals surface area contributed by atoms with Crippen LogP contribution in [0.25, 0.3) is 11.0 Å². The lowest BCUT2D eigenvalue weighted by molar-refractivity contribution is 0.106. The summed E-state index contributed by atoms with van der Waals surface area (Å²) in [5, 5.41) is 0. The highest BCUT2D eigenvalue weighted by Crippen LogP contribution is 2.28. The number of aromatic nitrogens is 2. The number of ether oxygens (including phenoxy) is 3. The van der Waals surface area contributed by atoms with Gasteiger partial charge in [0.15, 0.2) is 0 Å². The van der Waals surface area contributed by atoms with E-state index in [1.54, 1.807) is 19.1 Å². The first-order valence-electron chi connectivity index (χ1n) is 11.0. The van der Waals surface area contributed by atoms with Crippen LogP contribution in [0, 0.1) is 0 Å². The third-order valence-electron chi connectivity index (χ3n) is 6.16. The lowest BCUT2D eigenvalue weighted by atomic mass is 10.2. The van der Waals surface area contributed by atoms with Crippen LogP contribution >= 0.6 is 0 Å². The summed E-state index contributed by atoms with van der Waals surface area (Å²) in [5.41, 5.74) is 3.56. The smallest absolute Gasteiger partial charge is 0.414 e. The summed E-state index contributed by atoms with van der Waals surface area (Å²) < 4.78 is 16.2. The molecule has 0 radical (unpaired) electrons. The predicted octanol–water partition coefficient (Wildman–Crippen LogP) is 2.79. The monoisotopic (exact) mass is 449 g/mol. The number of nitrogens with zero attached hydrogens (tertiary/aromatic N) is 5. The van der Waals surface area contributed by atoms with Gasteiger partial charge < -0.3 is 19.1 Å². The van der Waals surface area contributed by atoms with Gasteiger partial charge in [-0.2, -0.15) is 0 Å². The summed E-state index contributed by atoms with van der Waals surface area (Å²) in [6, 6.07) is 13.3. The third-order valence-corrected chi connectivity index (χ3v) is 6.16. The number of hydrogen-bond acceptors (Lipinski definition) is 8. The van der Waals surface area contributed by atoms with Gasteiger partial charge in [-0.3, -0.25) is 14.8 Å². The number of piperazine rings is 1. The van der Waals surface area contributed by atoms with E-state index >= 15 is 0 Å². The number of hydrogen-bond donors (Lipinski definition) is 0.